The van der Waals surface area contributed by atoms with E-state index in [9.17, 15) is 9.59 Å². The van der Waals surface area contributed by atoms with Crippen LogP contribution in [0.25, 0.3) is 0 Å². The Morgan fingerprint density at radius 3 is 2.54 bits per heavy atom. The maximum Gasteiger partial charge on any atom is 0.308 e. The number of ketones is 1. The van der Waals surface area contributed by atoms with Crippen molar-refractivity contribution >= 4 is 11.8 Å². The molecule has 24 heavy (non-hydrogen) atoms. The number of carbonyl (C=O) groups is 2. The Hall–Kier alpha value is -1.64. The lowest BCUT2D eigenvalue weighted by Gasteiger charge is -2.29. The molecule has 0 aromatic heterocycles. The smallest absolute Gasteiger partial charge is 0.308 e. The summed E-state index contributed by atoms with van der Waals surface area (Å²) in [5.74, 6) is 1.17. The van der Waals surface area contributed by atoms with Crippen LogP contribution in [0.2, 0.25) is 0 Å². The van der Waals surface area contributed by atoms with Gasteiger partial charge in [-0.3, -0.25) is 9.59 Å². The van der Waals surface area contributed by atoms with Crippen molar-refractivity contribution in [1.82, 2.24) is 0 Å². The minimum absolute atomic E-state index is 0.109. The number of rotatable bonds is 7. The molecule has 0 N–H and O–H groups in total. The zero-order chi connectivity index (χ0) is 17.5. The maximum atomic E-state index is 12.5. The van der Waals surface area contributed by atoms with E-state index in [4.69, 9.17) is 4.74 Å². The van der Waals surface area contributed by atoms with Crippen molar-refractivity contribution in [1.29, 1.82) is 0 Å². The van der Waals surface area contributed by atoms with Gasteiger partial charge >= 0.3 is 5.97 Å². The van der Waals surface area contributed by atoms with Crippen molar-refractivity contribution in [2.45, 2.75) is 58.3 Å². The van der Waals surface area contributed by atoms with Crippen LogP contribution in [0.1, 0.15) is 63.9 Å². The van der Waals surface area contributed by atoms with Crippen LogP contribution in [0.15, 0.2) is 30.3 Å². The van der Waals surface area contributed by atoms with Gasteiger partial charge in [0.1, 0.15) is 5.78 Å². The second kappa shape index (κ2) is 9.00. The van der Waals surface area contributed by atoms with E-state index in [2.05, 4.69) is 31.2 Å². The minimum atomic E-state index is -0.166. The first-order valence-corrected chi connectivity index (χ1v) is 9.16. The van der Waals surface area contributed by atoms with Crippen LogP contribution in [0.5, 0.6) is 0 Å². The molecule has 3 heteroatoms. The predicted octanol–water partition coefficient (Wildman–Crippen LogP) is 4.75. The monoisotopic (exact) mass is 330 g/mol. The lowest BCUT2D eigenvalue weighted by molar-refractivity contribution is -0.146. The standard InChI is InChI=1S/C21H30O3/c1-15(18-7-5-4-6-8-18)9-11-19-12-10-17(14-20(19)22)13-16(2)21(23)24-3/h4-8,15-17,19H,9-14H2,1-3H3/t15-,16+,17+,19?/m1/s1. The fourth-order valence-electron chi connectivity index (χ4n) is 3.85. The zero-order valence-corrected chi connectivity index (χ0v) is 15.2. The molecular weight excluding hydrogens is 300 g/mol. The highest BCUT2D eigenvalue weighted by molar-refractivity contribution is 5.82. The van der Waals surface area contributed by atoms with Crippen molar-refractivity contribution in [2.24, 2.45) is 17.8 Å². The average Bonchev–Trinajstić information content (AvgIpc) is 2.60. The summed E-state index contributed by atoms with van der Waals surface area (Å²) >= 11 is 0. The van der Waals surface area contributed by atoms with Crippen LogP contribution in [0.4, 0.5) is 0 Å². The summed E-state index contributed by atoms with van der Waals surface area (Å²) in [5.41, 5.74) is 1.35. The molecule has 0 amide bonds. The number of esters is 1. The topological polar surface area (TPSA) is 43.4 Å². The summed E-state index contributed by atoms with van der Waals surface area (Å²) in [6.45, 7) is 4.13. The predicted molar refractivity (Wildman–Crippen MR) is 95.7 cm³/mol. The summed E-state index contributed by atoms with van der Waals surface area (Å²) < 4.78 is 4.78. The number of ether oxygens (including phenoxy) is 1. The van der Waals surface area contributed by atoms with E-state index in [0.29, 0.717) is 24.0 Å². The van der Waals surface area contributed by atoms with Gasteiger partial charge in [0, 0.05) is 12.3 Å². The zero-order valence-electron chi connectivity index (χ0n) is 15.2. The van der Waals surface area contributed by atoms with E-state index < -0.39 is 0 Å². The number of hydrogen-bond acceptors (Lipinski definition) is 3. The molecule has 1 unspecified atom stereocenters. The third-order valence-corrected chi connectivity index (χ3v) is 5.48. The van der Waals surface area contributed by atoms with Gasteiger partial charge in [-0.25, -0.2) is 0 Å². The van der Waals surface area contributed by atoms with E-state index in [1.54, 1.807) is 0 Å². The maximum absolute atomic E-state index is 12.5. The van der Waals surface area contributed by atoms with Gasteiger partial charge in [0.15, 0.2) is 0 Å². The van der Waals surface area contributed by atoms with Gasteiger partial charge in [-0.2, -0.15) is 0 Å². The lowest BCUT2D eigenvalue weighted by atomic mass is 9.75. The van der Waals surface area contributed by atoms with E-state index >= 15 is 0 Å². The third-order valence-electron chi connectivity index (χ3n) is 5.48. The quantitative estimate of drug-likeness (QED) is 0.677. The molecule has 1 aliphatic rings. The molecular formula is C21H30O3. The number of methoxy groups -OCH3 is 1. The highest BCUT2D eigenvalue weighted by Crippen LogP contribution is 2.34. The Labute approximate surface area is 145 Å². The first-order chi connectivity index (χ1) is 11.5. The fraction of sp³-hybridized carbons (Fsp3) is 0.619. The Balaban J connectivity index is 1.77. The Bertz CT molecular complexity index is 537. The van der Waals surface area contributed by atoms with Crippen molar-refractivity contribution in [3.8, 4) is 0 Å². The van der Waals surface area contributed by atoms with Crippen LogP contribution in [0, 0.1) is 17.8 Å². The summed E-state index contributed by atoms with van der Waals surface area (Å²) in [6, 6.07) is 10.5. The second-order valence-electron chi connectivity index (χ2n) is 7.36. The van der Waals surface area contributed by atoms with E-state index in [1.165, 1.54) is 12.7 Å². The van der Waals surface area contributed by atoms with Gasteiger partial charge in [0.05, 0.1) is 13.0 Å². The Morgan fingerprint density at radius 1 is 1.21 bits per heavy atom. The number of benzene rings is 1. The van der Waals surface area contributed by atoms with E-state index in [1.807, 2.05) is 13.0 Å². The normalized spacial score (nSPS) is 23.5. The number of carbonyl (C=O) groups excluding carboxylic acids is 2. The first-order valence-electron chi connectivity index (χ1n) is 9.16. The molecule has 1 aromatic carbocycles. The van der Waals surface area contributed by atoms with E-state index in [-0.39, 0.29) is 17.8 Å². The van der Waals surface area contributed by atoms with Crippen LogP contribution < -0.4 is 0 Å². The van der Waals surface area contributed by atoms with E-state index in [0.717, 1.165) is 32.1 Å². The van der Waals surface area contributed by atoms with Gasteiger partial charge in [-0.1, -0.05) is 44.2 Å². The molecule has 0 radical (unpaired) electrons. The van der Waals surface area contributed by atoms with Crippen LogP contribution >= 0.6 is 0 Å². The second-order valence-corrected chi connectivity index (χ2v) is 7.36. The summed E-state index contributed by atoms with van der Waals surface area (Å²) in [5, 5.41) is 0. The third kappa shape index (κ3) is 5.19. The minimum Gasteiger partial charge on any atom is -0.469 e. The Morgan fingerprint density at radius 2 is 1.92 bits per heavy atom. The van der Waals surface area contributed by atoms with Crippen molar-refractivity contribution < 1.29 is 14.3 Å². The largest absolute Gasteiger partial charge is 0.469 e. The lowest BCUT2D eigenvalue weighted by Crippen LogP contribution is -2.27. The fourth-order valence-corrected chi connectivity index (χ4v) is 3.85. The molecule has 0 aliphatic heterocycles. The van der Waals surface area contributed by atoms with Gasteiger partial charge < -0.3 is 4.74 Å². The van der Waals surface area contributed by atoms with Crippen molar-refractivity contribution in [3.63, 3.8) is 0 Å². The molecule has 0 spiro atoms. The number of hydrogen-bond donors (Lipinski definition) is 0. The Kier molecular flexibility index (Phi) is 7.01. The SMILES string of the molecule is COC(=O)[C@@H](C)C[C@@H]1CCC(CC[C@@H](C)c2ccccc2)C(=O)C1. The molecule has 1 saturated carbocycles. The molecule has 1 aliphatic carbocycles. The highest BCUT2D eigenvalue weighted by atomic mass is 16.5. The highest BCUT2D eigenvalue weighted by Gasteiger charge is 2.30. The van der Waals surface area contributed by atoms with Crippen LogP contribution in [0.3, 0.4) is 0 Å². The summed E-state index contributed by atoms with van der Waals surface area (Å²) in [6.07, 6.45) is 5.46. The van der Waals surface area contributed by atoms with Crippen LogP contribution in [-0.4, -0.2) is 18.9 Å². The van der Waals surface area contributed by atoms with Crippen LogP contribution in [-0.2, 0) is 14.3 Å². The molecule has 0 bridgehead atoms. The molecule has 3 nitrogen and oxygen atoms in total. The van der Waals surface area contributed by atoms with Crippen molar-refractivity contribution in [2.75, 3.05) is 7.11 Å². The molecule has 1 fully saturated rings. The average molecular weight is 330 g/mol. The van der Waals surface area contributed by atoms with Gasteiger partial charge in [0.2, 0.25) is 0 Å². The number of Topliss-reactive ketones (excluding diaryl/α,β-unsaturated/α-hetero) is 1. The molecule has 4 atom stereocenters. The first kappa shape index (κ1) is 18.7. The molecule has 1 aromatic rings. The summed E-state index contributed by atoms with van der Waals surface area (Å²) in [7, 11) is 1.43. The summed E-state index contributed by atoms with van der Waals surface area (Å²) in [4.78, 5) is 24.0. The van der Waals surface area contributed by atoms with Gasteiger partial charge in [0.25, 0.3) is 0 Å². The molecule has 132 valence electrons. The van der Waals surface area contributed by atoms with Gasteiger partial charge in [-0.05, 0) is 49.5 Å². The molecule has 0 heterocycles. The molecule has 0 saturated heterocycles. The van der Waals surface area contributed by atoms with Gasteiger partial charge in [-0.15, -0.1) is 0 Å². The van der Waals surface area contributed by atoms with Crippen molar-refractivity contribution in [3.05, 3.63) is 35.9 Å². The molecule has 2 rings (SSSR count).